The summed E-state index contributed by atoms with van der Waals surface area (Å²) < 4.78 is 15.3. The molecule has 11 heteroatoms. The average Bonchev–Trinajstić information content (AvgIpc) is 2.55. The summed E-state index contributed by atoms with van der Waals surface area (Å²) in [6, 6.07) is 0. The molecule has 2 unspecified atom stereocenters. The Labute approximate surface area is 130 Å². The minimum Gasteiger partial charge on any atom is -0.394 e. The van der Waals surface area contributed by atoms with Crippen molar-refractivity contribution in [1.82, 2.24) is 0 Å². The zero-order valence-corrected chi connectivity index (χ0v) is 12.0. The number of rotatable bonds is 4. The van der Waals surface area contributed by atoms with E-state index in [1.54, 1.807) is 0 Å². The molecule has 11 nitrogen and oxygen atoms in total. The summed E-state index contributed by atoms with van der Waals surface area (Å²) in [5, 5.41) is 76.5. The van der Waals surface area contributed by atoms with Gasteiger partial charge in [0.1, 0.15) is 48.8 Å². The van der Waals surface area contributed by atoms with E-state index in [1.165, 1.54) is 0 Å². The number of hydrogen-bond acceptors (Lipinski definition) is 11. The Morgan fingerprint density at radius 3 is 1.83 bits per heavy atom. The SMILES string of the molecule is OC[C@H]1OC(O[C@@H]2[C@H](O)[C@@H](O)C(O)O[C@@H]2CO)[C@H](O)[C@@H](O)[C@H]1O. The van der Waals surface area contributed by atoms with Gasteiger partial charge < -0.3 is 55.1 Å². The summed E-state index contributed by atoms with van der Waals surface area (Å²) in [4.78, 5) is 0. The molecule has 2 aliphatic heterocycles. The molecule has 0 radical (unpaired) electrons. The van der Waals surface area contributed by atoms with Crippen molar-refractivity contribution in [1.29, 1.82) is 0 Å². The summed E-state index contributed by atoms with van der Waals surface area (Å²) in [6.45, 7) is -1.35. The van der Waals surface area contributed by atoms with Gasteiger partial charge in [-0.25, -0.2) is 0 Å². The van der Waals surface area contributed by atoms with Crippen LogP contribution >= 0.6 is 0 Å². The Morgan fingerprint density at radius 2 is 1.26 bits per heavy atom. The maximum atomic E-state index is 9.94. The second-order valence-corrected chi connectivity index (χ2v) is 5.53. The van der Waals surface area contributed by atoms with E-state index in [0.29, 0.717) is 0 Å². The fraction of sp³-hybridized carbons (Fsp3) is 1.00. The fourth-order valence-electron chi connectivity index (χ4n) is 2.57. The Morgan fingerprint density at radius 1 is 0.652 bits per heavy atom. The molecule has 0 spiro atoms. The number of hydrogen-bond donors (Lipinski definition) is 8. The second-order valence-electron chi connectivity index (χ2n) is 5.53. The molecule has 2 saturated heterocycles. The fourth-order valence-corrected chi connectivity index (χ4v) is 2.57. The lowest BCUT2D eigenvalue weighted by atomic mass is 9.97. The van der Waals surface area contributed by atoms with E-state index in [4.69, 9.17) is 19.3 Å². The molecule has 136 valence electrons. The first kappa shape index (κ1) is 18.9. The molecule has 10 atom stereocenters. The van der Waals surface area contributed by atoms with Crippen molar-refractivity contribution in [2.45, 2.75) is 61.4 Å². The predicted molar refractivity (Wildman–Crippen MR) is 68.6 cm³/mol. The molecular weight excluding hydrogens is 320 g/mol. The van der Waals surface area contributed by atoms with Gasteiger partial charge in [-0.2, -0.15) is 0 Å². The minimum absolute atomic E-state index is 0.667. The lowest BCUT2D eigenvalue weighted by Crippen LogP contribution is -2.64. The van der Waals surface area contributed by atoms with Crippen molar-refractivity contribution < 1.29 is 55.1 Å². The van der Waals surface area contributed by atoms with E-state index in [2.05, 4.69) is 0 Å². The largest absolute Gasteiger partial charge is 0.394 e. The molecule has 2 aliphatic rings. The topological polar surface area (TPSA) is 190 Å². The van der Waals surface area contributed by atoms with Gasteiger partial charge in [0.05, 0.1) is 13.2 Å². The van der Waals surface area contributed by atoms with Crippen LogP contribution < -0.4 is 0 Å². The Hall–Kier alpha value is -0.440. The van der Waals surface area contributed by atoms with Crippen molar-refractivity contribution in [3.63, 3.8) is 0 Å². The number of aliphatic hydroxyl groups is 8. The van der Waals surface area contributed by atoms with Crippen molar-refractivity contribution in [3.8, 4) is 0 Å². The highest BCUT2D eigenvalue weighted by atomic mass is 16.7. The van der Waals surface area contributed by atoms with Crippen LogP contribution in [0.4, 0.5) is 0 Å². The quantitative estimate of drug-likeness (QED) is 0.243. The van der Waals surface area contributed by atoms with Crippen molar-refractivity contribution in [2.24, 2.45) is 0 Å². The normalized spacial score (nSPS) is 51.7. The van der Waals surface area contributed by atoms with Gasteiger partial charge in [0, 0.05) is 0 Å². The smallest absolute Gasteiger partial charge is 0.187 e. The number of aliphatic hydroxyl groups excluding tert-OH is 8. The summed E-state index contributed by atoms with van der Waals surface area (Å²) in [5.41, 5.74) is 0. The van der Waals surface area contributed by atoms with E-state index in [-0.39, 0.29) is 0 Å². The standard InChI is InChI=1S/C12H22O11/c13-1-3-5(15)6(16)9(19)12(22-3)23-10-4(2-14)21-11(20)8(18)7(10)17/h3-20H,1-2H2/t3-,4-,5+,6+,7-,8-,9-,10+,11?,12?/m1/s1. The lowest BCUT2D eigenvalue weighted by molar-refractivity contribution is -0.355. The molecular formula is C12H22O11. The molecule has 0 amide bonds. The highest BCUT2D eigenvalue weighted by molar-refractivity contribution is 4.93. The van der Waals surface area contributed by atoms with Crippen LogP contribution in [-0.2, 0) is 14.2 Å². The zero-order chi connectivity index (χ0) is 17.3. The monoisotopic (exact) mass is 342 g/mol. The first-order valence-electron chi connectivity index (χ1n) is 7.08. The average molecular weight is 342 g/mol. The second kappa shape index (κ2) is 7.63. The molecule has 23 heavy (non-hydrogen) atoms. The summed E-state index contributed by atoms with van der Waals surface area (Å²) in [7, 11) is 0. The third-order valence-corrected chi connectivity index (χ3v) is 3.98. The number of ether oxygens (including phenoxy) is 3. The van der Waals surface area contributed by atoms with Crippen LogP contribution in [0.2, 0.25) is 0 Å². The molecule has 2 heterocycles. The maximum absolute atomic E-state index is 9.94. The molecule has 2 fully saturated rings. The highest BCUT2D eigenvalue weighted by Crippen LogP contribution is 2.28. The molecule has 0 saturated carbocycles. The van der Waals surface area contributed by atoms with E-state index in [1.807, 2.05) is 0 Å². The molecule has 0 bridgehead atoms. The van der Waals surface area contributed by atoms with Gasteiger partial charge in [0.2, 0.25) is 0 Å². The first-order valence-corrected chi connectivity index (χ1v) is 7.08. The van der Waals surface area contributed by atoms with Gasteiger partial charge in [0.25, 0.3) is 0 Å². The zero-order valence-electron chi connectivity index (χ0n) is 12.0. The van der Waals surface area contributed by atoms with Gasteiger partial charge in [-0.3, -0.25) is 0 Å². The maximum Gasteiger partial charge on any atom is 0.187 e. The van der Waals surface area contributed by atoms with Gasteiger partial charge >= 0.3 is 0 Å². The third-order valence-electron chi connectivity index (χ3n) is 3.98. The van der Waals surface area contributed by atoms with Crippen LogP contribution in [0, 0.1) is 0 Å². The summed E-state index contributed by atoms with van der Waals surface area (Å²) in [6.07, 6.45) is -15.6. The van der Waals surface area contributed by atoms with Crippen LogP contribution in [0.15, 0.2) is 0 Å². The summed E-state index contributed by atoms with van der Waals surface area (Å²) in [5.74, 6) is 0. The molecule has 2 rings (SSSR count). The Bertz CT molecular complexity index is 378. The molecule has 0 aromatic rings. The predicted octanol–water partition coefficient (Wildman–Crippen LogP) is -5.40. The third kappa shape index (κ3) is 3.65. The molecule has 0 aliphatic carbocycles. The first-order chi connectivity index (χ1) is 10.8. The highest BCUT2D eigenvalue weighted by Gasteiger charge is 2.50. The van der Waals surface area contributed by atoms with Gasteiger partial charge in [0.15, 0.2) is 12.6 Å². The van der Waals surface area contributed by atoms with Gasteiger partial charge in [-0.15, -0.1) is 0 Å². The van der Waals surface area contributed by atoms with Crippen LogP contribution in [0.1, 0.15) is 0 Å². The van der Waals surface area contributed by atoms with Gasteiger partial charge in [-0.1, -0.05) is 0 Å². The minimum atomic E-state index is -1.74. The molecule has 0 aromatic heterocycles. The van der Waals surface area contributed by atoms with E-state index in [9.17, 15) is 35.7 Å². The lowest BCUT2D eigenvalue weighted by Gasteiger charge is -2.45. The Balaban J connectivity index is 2.11. The van der Waals surface area contributed by atoms with E-state index in [0.717, 1.165) is 0 Å². The van der Waals surface area contributed by atoms with E-state index >= 15 is 0 Å². The summed E-state index contributed by atoms with van der Waals surface area (Å²) >= 11 is 0. The molecule has 0 aromatic carbocycles. The molecule has 8 N–H and O–H groups in total. The van der Waals surface area contributed by atoms with Crippen molar-refractivity contribution >= 4 is 0 Å². The van der Waals surface area contributed by atoms with Gasteiger partial charge in [-0.05, 0) is 0 Å². The van der Waals surface area contributed by atoms with Crippen molar-refractivity contribution in [3.05, 3.63) is 0 Å². The van der Waals surface area contributed by atoms with Crippen LogP contribution in [-0.4, -0.2) is 115 Å². The van der Waals surface area contributed by atoms with Crippen molar-refractivity contribution in [2.75, 3.05) is 13.2 Å². The van der Waals surface area contributed by atoms with Crippen LogP contribution in [0.3, 0.4) is 0 Å². The van der Waals surface area contributed by atoms with Crippen LogP contribution in [0.25, 0.3) is 0 Å². The van der Waals surface area contributed by atoms with E-state index < -0.39 is 74.6 Å². The van der Waals surface area contributed by atoms with Crippen LogP contribution in [0.5, 0.6) is 0 Å². The Kier molecular flexibility index (Phi) is 6.27.